The zero-order valence-electron chi connectivity index (χ0n) is 15.9. The van der Waals surface area contributed by atoms with E-state index in [4.69, 9.17) is 9.47 Å². The number of likely N-dealkylation sites (N-methyl/N-ethyl adjacent to an activating group) is 1. The summed E-state index contributed by atoms with van der Waals surface area (Å²) >= 11 is 0. The first-order valence-corrected chi connectivity index (χ1v) is 8.70. The minimum absolute atomic E-state index is 0.0921. The lowest BCUT2D eigenvalue weighted by Crippen LogP contribution is -2.42. The lowest BCUT2D eigenvalue weighted by Gasteiger charge is -2.28. The molecule has 0 saturated carbocycles. The summed E-state index contributed by atoms with van der Waals surface area (Å²) in [5.41, 5.74) is 0.581. The molecule has 0 bridgehead atoms. The first kappa shape index (κ1) is 21.0. The summed E-state index contributed by atoms with van der Waals surface area (Å²) in [7, 11) is 2.95. The zero-order valence-corrected chi connectivity index (χ0v) is 15.9. The molecule has 0 radical (unpaired) electrons. The summed E-state index contributed by atoms with van der Waals surface area (Å²) in [6, 6.07) is 7.02. The van der Waals surface area contributed by atoms with E-state index in [1.165, 1.54) is 7.11 Å². The van der Waals surface area contributed by atoms with Gasteiger partial charge >= 0.3 is 5.97 Å². The molecule has 1 rings (SSSR count). The third-order valence-corrected chi connectivity index (χ3v) is 4.30. The number of rotatable bonds is 10. The van der Waals surface area contributed by atoms with Gasteiger partial charge in [-0.15, -0.1) is 0 Å². The minimum atomic E-state index is -0.371. The molecule has 0 heterocycles. The van der Waals surface area contributed by atoms with Gasteiger partial charge < -0.3 is 19.3 Å². The van der Waals surface area contributed by atoms with Gasteiger partial charge in [0.2, 0.25) is 0 Å². The Bertz CT molecular complexity index is 541. The van der Waals surface area contributed by atoms with Crippen LogP contribution in [0.4, 0.5) is 0 Å². The van der Waals surface area contributed by atoms with Crippen molar-refractivity contribution in [3.63, 3.8) is 0 Å². The predicted octanol–water partition coefficient (Wildman–Crippen LogP) is 2.29. The van der Waals surface area contributed by atoms with Gasteiger partial charge in [-0.2, -0.15) is 0 Å². The normalized spacial score (nSPS) is 11.9. The van der Waals surface area contributed by atoms with Crippen LogP contribution in [0.2, 0.25) is 0 Å². The van der Waals surface area contributed by atoms with Crippen LogP contribution in [-0.2, 0) is 9.53 Å². The van der Waals surface area contributed by atoms with Crippen LogP contribution in [0.1, 0.15) is 31.1 Å². The van der Waals surface area contributed by atoms with Gasteiger partial charge in [0.25, 0.3) is 5.91 Å². The Labute approximate surface area is 150 Å². The highest BCUT2D eigenvalue weighted by Gasteiger charge is 2.23. The molecule has 6 heteroatoms. The van der Waals surface area contributed by atoms with Crippen LogP contribution in [0.3, 0.4) is 0 Å². The van der Waals surface area contributed by atoms with E-state index >= 15 is 0 Å². The average Bonchev–Trinajstić information content (AvgIpc) is 2.66. The summed E-state index contributed by atoms with van der Waals surface area (Å²) in [6.45, 7) is 9.47. The van der Waals surface area contributed by atoms with Gasteiger partial charge in [-0.05, 0) is 37.4 Å². The van der Waals surface area contributed by atoms with E-state index in [1.807, 2.05) is 0 Å². The van der Waals surface area contributed by atoms with E-state index in [0.29, 0.717) is 24.4 Å². The van der Waals surface area contributed by atoms with E-state index in [1.54, 1.807) is 43.2 Å². The number of amides is 1. The maximum Gasteiger partial charge on any atom is 0.310 e. The standard InChI is InChI=1S/C19H30N2O4/c1-6-20(7-2)12-13-21(14-15(3)19(23)25-5)18(22)16-8-10-17(24-4)11-9-16/h8-11,15H,6-7,12-14H2,1-5H3. The topological polar surface area (TPSA) is 59.1 Å². The second-order valence-corrected chi connectivity index (χ2v) is 5.93. The molecule has 6 nitrogen and oxygen atoms in total. The molecule has 0 N–H and O–H groups in total. The van der Waals surface area contributed by atoms with Crippen molar-refractivity contribution in [3.8, 4) is 5.75 Å². The molecule has 1 aromatic rings. The van der Waals surface area contributed by atoms with E-state index < -0.39 is 0 Å². The molecule has 0 aliphatic rings. The van der Waals surface area contributed by atoms with E-state index in [-0.39, 0.29) is 17.8 Å². The Kier molecular flexibility index (Phi) is 8.99. The fourth-order valence-electron chi connectivity index (χ4n) is 2.60. The molecular weight excluding hydrogens is 320 g/mol. The quantitative estimate of drug-likeness (QED) is 0.606. The van der Waals surface area contributed by atoms with Gasteiger partial charge in [0, 0.05) is 25.2 Å². The molecule has 140 valence electrons. The number of hydrogen-bond donors (Lipinski definition) is 0. The molecular formula is C19H30N2O4. The van der Waals surface area contributed by atoms with Crippen molar-refractivity contribution in [2.24, 2.45) is 5.92 Å². The third-order valence-electron chi connectivity index (χ3n) is 4.30. The molecule has 1 unspecified atom stereocenters. The largest absolute Gasteiger partial charge is 0.497 e. The summed E-state index contributed by atoms with van der Waals surface area (Å²) in [5, 5.41) is 0. The Hall–Kier alpha value is -2.08. The van der Waals surface area contributed by atoms with E-state index in [9.17, 15) is 9.59 Å². The molecule has 1 amide bonds. The molecule has 0 saturated heterocycles. The first-order valence-electron chi connectivity index (χ1n) is 8.70. The summed E-state index contributed by atoms with van der Waals surface area (Å²) in [5.74, 6) is -0.0704. The maximum absolute atomic E-state index is 12.9. The van der Waals surface area contributed by atoms with Crippen molar-refractivity contribution in [1.82, 2.24) is 9.80 Å². The van der Waals surface area contributed by atoms with Crippen molar-refractivity contribution >= 4 is 11.9 Å². The molecule has 0 spiro atoms. The second kappa shape index (κ2) is 10.7. The third kappa shape index (κ3) is 6.38. The molecule has 25 heavy (non-hydrogen) atoms. The second-order valence-electron chi connectivity index (χ2n) is 5.93. The molecule has 1 aromatic carbocycles. The van der Waals surface area contributed by atoms with Crippen molar-refractivity contribution < 1.29 is 19.1 Å². The highest BCUT2D eigenvalue weighted by molar-refractivity contribution is 5.94. The maximum atomic E-state index is 12.9. The molecule has 0 aliphatic carbocycles. The molecule has 0 aromatic heterocycles. The summed E-state index contributed by atoms with van der Waals surface area (Å²) in [6.07, 6.45) is 0. The monoisotopic (exact) mass is 350 g/mol. The van der Waals surface area contributed by atoms with Gasteiger partial charge in [0.1, 0.15) is 5.75 Å². The first-order chi connectivity index (χ1) is 12.0. The predicted molar refractivity (Wildman–Crippen MR) is 97.9 cm³/mol. The number of hydrogen-bond acceptors (Lipinski definition) is 5. The van der Waals surface area contributed by atoms with Crippen LogP contribution in [-0.4, -0.2) is 68.6 Å². The molecule has 0 fully saturated rings. The Balaban J connectivity index is 2.89. The molecule has 0 aliphatic heterocycles. The lowest BCUT2D eigenvalue weighted by atomic mass is 10.1. The van der Waals surface area contributed by atoms with Crippen LogP contribution in [0.5, 0.6) is 5.75 Å². The summed E-state index contributed by atoms with van der Waals surface area (Å²) < 4.78 is 9.93. The van der Waals surface area contributed by atoms with Crippen molar-refractivity contribution in [2.45, 2.75) is 20.8 Å². The van der Waals surface area contributed by atoms with Gasteiger partial charge in [-0.1, -0.05) is 20.8 Å². The van der Waals surface area contributed by atoms with Gasteiger partial charge in [-0.25, -0.2) is 0 Å². The van der Waals surface area contributed by atoms with Crippen molar-refractivity contribution in [2.75, 3.05) is 46.9 Å². The number of benzene rings is 1. The lowest BCUT2D eigenvalue weighted by molar-refractivity contribution is -0.145. The average molecular weight is 350 g/mol. The Morgan fingerprint density at radius 2 is 1.64 bits per heavy atom. The zero-order chi connectivity index (χ0) is 18.8. The van der Waals surface area contributed by atoms with Crippen molar-refractivity contribution in [3.05, 3.63) is 29.8 Å². The number of esters is 1. The van der Waals surface area contributed by atoms with Crippen LogP contribution >= 0.6 is 0 Å². The fraction of sp³-hybridized carbons (Fsp3) is 0.579. The van der Waals surface area contributed by atoms with E-state index in [0.717, 1.165) is 19.6 Å². The minimum Gasteiger partial charge on any atom is -0.497 e. The van der Waals surface area contributed by atoms with Crippen LogP contribution in [0.25, 0.3) is 0 Å². The summed E-state index contributed by atoms with van der Waals surface area (Å²) in [4.78, 5) is 28.6. The van der Waals surface area contributed by atoms with E-state index in [2.05, 4.69) is 18.7 Å². The van der Waals surface area contributed by atoms with Gasteiger partial charge in [0.15, 0.2) is 0 Å². The Morgan fingerprint density at radius 3 is 2.12 bits per heavy atom. The fourth-order valence-corrected chi connectivity index (χ4v) is 2.60. The number of carbonyl (C=O) groups excluding carboxylic acids is 2. The van der Waals surface area contributed by atoms with Gasteiger partial charge in [-0.3, -0.25) is 9.59 Å². The number of ether oxygens (including phenoxy) is 2. The van der Waals surface area contributed by atoms with Crippen molar-refractivity contribution in [1.29, 1.82) is 0 Å². The van der Waals surface area contributed by atoms with Crippen LogP contribution < -0.4 is 4.74 Å². The highest BCUT2D eigenvalue weighted by Crippen LogP contribution is 2.14. The molecule has 1 atom stereocenters. The number of carbonyl (C=O) groups is 2. The van der Waals surface area contributed by atoms with Gasteiger partial charge in [0.05, 0.1) is 20.1 Å². The van der Waals surface area contributed by atoms with Crippen LogP contribution in [0.15, 0.2) is 24.3 Å². The smallest absolute Gasteiger partial charge is 0.310 e. The Morgan fingerprint density at radius 1 is 1.04 bits per heavy atom. The highest BCUT2D eigenvalue weighted by atomic mass is 16.5. The van der Waals surface area contributed by atoms with Crippen LogP contribution in [0, 0.1) is 5.92 Å². The number of nitrogens with zero attached hydrogens (tertiary/aromatic N) is 2. The number of methoxy groups -OCH3 is 2. The SMILES string of the molecule is CCN(CC)CCN(CC(C)C(=O)OC)C(=O)c1ccc(OC)cc1.